The summed E-state index contributed by atoms with van der Waals surface area (Å²) in [5, 5.41) is 0. The molecule has 0 saturated carbocycles. The van der Waals surface area contributed by atoms with Gasteiger partial charge in [-0.1, -0.05) is 23.7 Å². The van der Waals surface area contributed by atoms with Gasteiger partial charge in [0.05, 0.1) is 31.5 Å². The molecule has 1 amide bonds. The molecular weight excluding hydrogens is 346 g/mol. The molecule has 0 aliphatic carbocycles. The Labute approximate surface area is 151 Å². The van der Waals surface area contributed by atoms with Gasteiger partial charge in [0, 0.05) is 11.4 Å². The van der Waals surface area contributed by atoms with Crippen LogP contribution in [-0.4, -0.2) is 31.6 Å². The Morgan fingerprint density at radius 2 is 2.00 bits per heavy atom. The largest absolute Gasteiger partial charge is 0.493 e. The van der Waals surface area contributed by atoms with Crippen molar-refractivity contribution in [2.45, 2.75) is 13.0 Å². The number of methoxy groups -OCH3 is 2. The fourth-order valence-corrected chi connectivity index (χ4v) is 3.42. The van der Waals surface area contributed by atoms with Crippen molar-refractivity contribution in [3.63, 3.8) is 0 Å². The summed E-state index contributed by atoms with van der Waals surface area (Å²) in [6.45, 7) is 4.74. The van der Waals surface area contributed by atoms with Gasteiger partial charge in [-0.3, -0.25) is 4.79 Å². The molecule has 1 aromatic heterocycles. The monoisotopic (exact) mass is 365 g/mol. The lowest BCUT2D eigenvalue weighted by molar-refractivity contribution is -0.130. The molecule has 0 atom stereocenters. The number of halogens is 1. The van der Waals surface area contributed by atoms with Gasteiger partial charge in [0.15, 0.2) is 11.5 Å². The summed E-state index contributed by atoms with van der Waals surface area (Å²) in [6, 6.07) is 9.27. The molecule has 0 radical (unpaired) electrons. The summed E-state index contributed by atoms with van der Waals surface area (Å²) in [4.78, 5) is 15.4. The van der Waals surface area contributed by atoms with Crippen molar-refractivity contribution >= 4 is 28.8 Å². The lowest BCUT2D eigenvalue weighted by atomic mass is 10.1. The van der Waals surface area contributed by atoms with Crippen molar-refractivity contribution in [1.82, 2.24) is 4.90 Å². The number of ether oxygens (including phenoxy) is 2. The minimum Gasteiger partial charge on any atom is -0.493 e. The molecule has 6 heteroatoms. The summed E-state index contributed by atoms with van der Waals surface area (Å²) < 4.78 is 11.2. The van der Waals surface area contributed by atoms with E-state index >= 15 is 0 Å². The first-order valence-electron chi connectivity index (χ1n) is 7.41. The Bertz CT molecular complexity index is 714. The van der Waals surface area contributed by atoms with E-state index in [-0.39, 0.29) is 12.3 Å². The minimum atomic E-state index is 0.0200. The van der Waals surface area contributed by atoms with Crippen LogP contribution in [0.15, 0.2) is 43.0 Å². The molecule has 2 aromatic rings. The third-order valence-corrected chi connectivity index (χ3v) is 4.70. The maximum atomic E-state index is 12.6. The second-order valence-corrected chi connectivity index (χ2v) is 6.93. The van der Waals surface area contributed by atoms with Crippen LogP contribution in [0.4, 0.5) is 0 Å². The van der Waals surface area contributed by atoms with Gasteiger partial charge < -0.3 is 14.4 Å². The molecule has 0 unspecified atom stereocenters. The number of rotatable bonds is 8. The van der Waals surface area contributed by atoms with E-state index in [2.05, 4.69) is 6.58 Å². The molecular formula is C18H20ClNO3S. The number of benzene rings is 1. The Hall–Kier alpha value is -1.98. The summed E-state index contributed by atoms with van der Waals surface area (Å²) in [6.07, 6.45) is 2.01. The molecule has 0 spiro atoms. The molecule has 0 saturated heterocycles. The van der Waals surface area contributed by atoms with Crippen LogP contribution in [0.3, 0.4) is 0 Å². The number of hydrogen-bond acceptors (Lipinski definition) is 4. The Morgan fingerprint density at radius 3 is 2.58 bits per heavy atom. The fourth-order valence-electron chi connectivity index (χ4n) is 2.31. The zero-order valence-electron chi connectivity index (χ0n) is 13.8. The quantitative estimate of drug-likeness (QED) is 0.659. The molecule has 0 bridgehead atoms. The van der Waals surface area contributed by atoms with Crippen molar-refractivity contribution in [1.29, 1.82) is 0 Å². The lowest BCUT2D eigenvalue weighted by Gasteiger charge is -2.21. The van der Waals surface area contributed by atoms with Crippen LogP contribution in [0.1, 0.15) is 10.4 Å². The normalized spacial score (nSPS) is 10.3. The Morgan fingerprint density at radius 1 is 1.25 bits per heavy atom. The maximum absolute atomic E-state index is 12.6. The standard InChI is InChI=1S/C18H20ClNO3S/c1-4-9-20(12-14-6-8-17(19)24-14)18(21)11-13-5-7-15(22-2)16(10-13)23-3/h4-8,10H,1,9,11-12H2,2-3H3. The van der Waals surface area contributed by atoms with E-state index in [1.807, 2.05) is 24.3 Å². The highest BCUT2D eigenvalue weighted by Crippen LogP contribution is 2.28. The third-order valence-electron chi connectivity index (χ3n) is 3.48. The lowest BCUT2D eigenvalue weighted by Crippen LogP contribution is -2.31. The topological polar surface area (TPSA) is 38.8 Å². The number of nitrogens with zero attached hydrogens (tertiary/aromatic N) is 1. The summed E-state index contributed by atoms with van der Waals surface area (Å²) in [7, 11) is 3.16. The van der Waals surface area contributed by atoms with Crippen molar-refractivity contribution in [2.24, 2.45) is 0 Å². The van der Waals surface area contributed by atoms with E-state index in [0.717, 1.165) is 14.8 Å². The highest BCUT2D eigenvalue weighted by molar-refractivity contribution is 7.16. The van der Waals surface area contributed by atoms with Crippen LogP contribution in [0.2, 0.25) is 4.34 Å². The first-order chi connectivity index (χ1) is 11.6. The van der Waals surface area contributed by atoms with Gasteiger partial charge >= 0.3 is 0 Å². The van der Waals surface area contributed by atoms with Crippen LogP contribution in [0.5, 0.6) is 11.5 Å². The highest BCUT2D eigenvalue weighted by atomic mass is 35.5. The fraction of sp³-hybridized carbons (Fsp3) is 0.278. The molecule has 0 fully saturated rings. The molecule has 24 heavy (non-hydrogen) atoms. The predicted molar refractivity (Wildman–Crippen MR) is 98.2 cm³/mol. The average molecular weight is 366 g/mol. The molecule has 128 valence electrons. The minimum absolute atomic E-state index is 0.0200. The van der Waals surface area contributed by atoms with Gasteiger partial charge in [0.2, 0.25) is 5.91 Å². The molecule has 1 heterocycles. The second-order valence-electron chi connectivity index (χ2n) is 5.13. The summed E-state index contributed by atoms with van der Waals surface area (Å²) in [5.41, 5.74) is 0.871. The van der Waals surface area contributed by atoms with Crippen LogP contribution < -0.4 is 9.47 Å². The van der Waals surface area contributed by atoms with Gasteiger partial charge in [-0.15, -0.1) is 17.9 Å². The van der Waals surface area contributed by atoms with E-state index in [0.29, 0.717) is 24.6 Å². The maximum Gasteiger partial charge on any atom is 0.227 e. The van der Waals surface area contributed by atoms with Gasteiger partial charge in [-0.05, 0) is 29.8 Å². The van der Waals surface area contributed by atoms with Crippen molar-refractivity contribution in [2.75, 3.05) is 20.8 Å². The van der Waals surface area contributed by atoms with Gasteiger partial charge in [-0.2, -0.15) is 0 Å². The van der Waals surface area contributed by atoms with E-state index in [9.17, 15) is 4.79 Å². The molecule has 1 aromatic carbocycles. The molecule has 0 N–H and O–H groups in total. The number of carbonyl (C=O) groups excluding carboxylic acids is 1. The van der Waals surface area contributed by atoms with Crippen LogP contribution in [0, 0.1) is 0 Å². The highest BCUT2D eigenvalue weighted by Gasteiger charge is 2.15. The molecule has 4 nitrogen and oxygen atoms in total. The molecule has 0 aliphatic rings. The zero-order chi connectivity index (χ0) is 17.5. The van der Waals surface area contributed by atoms with Crippen LogP contribution in [-0.2, 0) is 17.8 Å². The van der Waals surface area contributed by atoms with E-state index in [1.54, 1.807) is 31.3 Å². The average Bonchev–Trinajstić information content (AvgIpc) is 2.99. The van der Waals surface area contributed by atoms with Crippen molar-refractivity contribution in [3.8, 4) is 11.5 Å². The van der Waals surface area contributed by atoms with Gasteiger partial charge in [0.1, 0.15) is 0 Å². The predicted octanol–water partition coefficient (Wildman–Crippen LogP) is 4.18. The van der Waals surface area contributed by atoms with E-state index in [4.69, 9.17) is 21.1 Å². The number of carbonyl (C=O) groups is 1. The Balaban J connectivity index is 2.11. The Kier molecular flexibility index (Phi) is 6.70. The molecule has 0 aliphatic heterocycles. The zero-order valence-corrected chi connectivity index (χ0v) is 15.3. The number of thiophene rings is 1. The van der Waals surface area contributed by atoms with E-state index < -0.39 is 0 Å². The van der Waals surface area contributed by atoms with Crippen molar-refractivity contribution < 1.29 is 14.3 Å². The van der Waals surface area contributed by atoms with Crippen molar-refractivity contribution in [3.05, 3.63) is 57.8 Å². The third kappa shape index (κ3) is 4.76. The smallest absolute Gasteiger partial charge is 0.227 e. The van der Waals surface area contributed by atoms with E-state index in [1.165, 1.54) is 11.3 Å². The first-order valence-corrected chi connectivity index (χ1v) is 8.60. The SMILES string of the molecule is C=CCN(Cc1ccc(Cl)s1)C(=O)Cc1ccc(OC)c(OC)c1. The first kappa shape index (κ1) is 18.4. The molecule has 2 rings (SSSR count). The van der Waals surface area contributed by atoms with Gasteiger partial charge in [-0.25, -0.2) is 0 Å². The van der Waals surface area contributed by atoms with Gasteiger partial charge in [0.25, 0.3) is 0 Å². The second kappa shape index (κ2) is 8.76. The number of amides is 1. The van der Waals surface area contributed by atoms with Crippen LogP contribution >= 0.6 is 22.9 Å². The summed E-state index contributed by atoms with van der Waals surface area (Å²) >= 11 is 7.44. The number of hydrogen-bond donors (Lipinski definition) is 0. The van der Waals surface area contributed by atoms with Crippen LogP contribution in [0.25, 0.3) is 0 Å². The summed E-state index contributed by atoms with van der Waals surface area (Å²) in [5.74, 6) is 1.28.